The first-order valence-corrected chi connectivity index (χ1v) is 10.1. The number of aliphatic hydroxyl groups is 1. The van der Waals surface area contributed by atoms with Crippen LogP contribution in [0.4, 0.5) is 0 Å². The van der Waals surface area contributed by atoms with E-state index in [1.165, 1.54) is 4.90 Å². The minimum Gasteiger partial charge on any atom is -0.507 e. The summed E-state index contributed by atoms with van der Waals surface area (Å²) in [4.78, 5) is 27.1. The summed E-state index contributed by atoms with van der Waals surface area (Å²) in [5.74, 6) is -0.853. The fourth-order valence-electron chi connectivity index (χ4n) is 3.61. The van der Waals surface area contributed by atoms with Crippen molar-refractivity contribution in [2.75, 3.05) is 26.9 Å². The number of carbonyl (C=O) groups excluding carboxylic acids is 2. The Morgan fingerprint density at radius 2 is 1.70 bits per heavy atom. The van der Waals surface area contributed by atoms with Crippen molar-refractivity contribution in [3.63, 3.8) is 0 Å². The van der Waals surface area contributed by atoms with Gasteiger partial charge in [0.1, 0.15) is 11.5 Å². The molecule has 6 nitrogen and oxygen atoms in total. The molecule has 3 rings (SSSR count). The lowest BCUT2D eigenvalue weighted by Crippen LogP contribution is -2.32. The number of rotatable bonds is 8. The van der Waals surface area contributed by atoms with Crippen LogP contribution >= 0.6 is 0 Å². The van der Waals surface area contributed by atoms with Gasteiger partial charge in [-0.2, -0.15) is 0 Å². The predicted octanol–water partition coefficient (Wildman–Crippen LogP) is 3.72. The first kappa shape index (κ1) is 21.6. The largest absolute Gasteiger partial charge is 0.507 e. The van der Waals surface area contributed by atoms with Crippen molar-refractivity contribution in [2.45, 2.75) is 26.3 Å². The van der Waals surface area contributed by atoms with Gasteiger partial charge in [0, 0.05) is 19.2 Å². The predicted molar refractivity (Wildman–Crippen MR) is 114 cm³/mol. The third kappa shape index (κ3) is 4.24. The smallest absolute Gasteiger partial charge is 0.295 e. The summed E-state index contributed by atoms with van der Waals surface area (Å²) < 4.78 is 10.6. The number of hydrogen-bond donors (Lipinski definition) is 1. The minimum absolute atomic E-state index is 0.0875. The first-order valence-electron chi connectivity index (χ1n) is 10.1. The van der Waals surface area contributed by atoms with Gasteiger partial charge in [-0.1, -0.05) is 31.2 Å². The maximum Gasteiger partial charge on any atom is 0.295 e. The number of carbonyl (C=O) groups is 2. The van der Waals surface area contributed by atoms with Gasteiger partial charge in [0.25, 0.3) is 11.7 Å². The number of ketones is 1. The van der Waals surface area contributed by atoms with Crippen molar-refractivity contribution in [1.29, 1.82) is 0 Å². The van der Waals surface area contributed by atoms with Gasteiger partial charge < -0.3 is 19.5 Å². The third-order valence-electron chi connectivity index (χ3n) is 5.22. The topological polar surface area (TPSA) is 76.1 Å². The Balaban J connectivity index is 2.08. The van der Waals surface area contributed by atoms with Crippen molar-refractivity contribution in [3.8, 4) is 5.75 Å². The van der Waals surface area contributed by atoms with E-state index in [1.54, 1.807) is 31.4 Å². The quantitative estimate of drug-likeness (QED) is 0.409. The first-order chi connectivity index (χ1) is 14.5. The van der Waals surface area contributed by atoms with Gasteiger partial charge in [-0.3, -0.25) is 9.59 Å². The van der Waals surface area contributed by atoms with Crippen molar-refractivity contribution in [2.24, 2.45) is 0 Å². The molecule has 0 aliphatic carbocycles. The van der Waals surface area contributed by atoms with Gasteiger partial charge in [0.05, 0.1) is 24.8 Å². The van der Waals surface area contributed by atoms with Gasteiger partial charge in [0.15, 0.2) is 0 Å². The maximum absolute atomic E-state index is 12.9. The Kier molecular flexibility index (Phi) is 6.90. The van der Waals surface area contributed by atoms with E-state index in [9.17, 15) is 14.7 Å². The average Bonchev–Trinajstić information content (AvgIpc) is 3.02. The van der Waals surface area contributed by atoms with E-state index in [0.717, 1.165) is 17.5 Å². The number of likely N-dealkylation sites (tertiary alicyclic amines) is 1. The summed E-state index contributed by atoms with van der Waals surface area (Å²) in [6.07, 6.45) is 0.885. The Morgan fingerprint density at radius 3 is 2.27 bits per heavy atom. The number of benzene rings is 2. The van der Waals surface area contributed by atoms with Gasteiger partial charge in [-0.25, -0.2) is 0 Å². The summed E-state index contributed by atoms with van der Waals surface area (Å²) in [6, 6.07) is 13.9. The standard InChI is InChI=1S/C24H27NO5/c1-4-16-6-8-17(9-7-16)21-20(23(27)24(28)25(21)14-15-29-3)22(26)18-10-12-19(13-11-18)30-5-2/h6-13,21,26H,4-5,14-15H2,1-3H3/b22-20-. The van der Waals surface area contributed by atoms with Gasteiger partial charge in [-0.15, -0.1) is 0 Å². The molecular weight excluding hydrogens is 382 g/mol. The van der Waals surface area contributed by atoms with Crippen molar-refractivity contribution < 1.29 is 24.2 Å². The SMILES string of the molecule is CCOc1ccc(/C(O)=C2/C(=O)C(=O)N(CCOC)C2c2ccc(CC)cc2)cc1. The molecule has 1 atom stereocenters. The molecule has 2 aromatic carbocycles. The number of hydrogen-bond acceptors (Lipinski definition) is 5. The van der Waals surface area contributed by atoms with Crippen LogP contribution in [0.15, 0.2) is 54.1 Å². The Morgan fingerprint density at radius 1 is 1.03 bits per heavy atom. The molecule has 158 valence electrons. The Bertz CT molecular complexity index is 931. The second-order valence-electron chi connectivity index (χ2n) is 7.04. The number of methoxy groups -OCH3 is 1. The van der Waals surface area contributed by atoms with Crippen LogP contribution in [-0.4, -0.2) is 48.6 Å². The van der Waals surface area contributed by atoms with Crippen LogP contribution in [0.2, 0.25) is 0 Å². The second-order valence-corrected chi connectivity index (χ2v) is 7.04. The zero-order valence-electron chi connectivity index (χ0n) is 17.6. The van der Waals surface area contributed by atoms with E-state index in [2.05, 4.69) is 6.92 Å². The highest BCUT2D eigenvalue weighted by molar-refractivity contribution is 6.46. The molecule has 0 aromatic heterocycles. The molecule has 1 heterocycles. The second kappa shape index (κ2) is 9.59. The van der Waals surface area contributed by atoms with Crippen LogP contribution in [0.25, 0.3) is 5.76 Å². The molecule has 1 saturated heterocycles. The molecule has 1 fully saturated rings. The Hall–Kier alpha value is -3.12. The van der Waals surface area contributed by atoms with E-state index < -0.39 is 17.7 Å². The summed E-state index contributed by atoms with van der Waals surface area (Å²) in [5, 5.41) is 11.0. The molecular formula is C24H27NO5. The number of ether oxygens (including phenoxy) is 2. The lowest BCUT2D eigenvalue weighted by molar-refractivity contribution is -0.140. The van der Waals surface area contributed by atoms with Crippen LogP contribution < -0.4 is 4.74 Å². The van der Waals surface area contributed by atoms with E-state index in [0.29, 0.717) is 24.5 Å². The maximum atomic E-state index is 12.9. The van der Waals surface area contributed by atoms with Crippen molar-refractivity contribution in [1.82, 2.24) is 4.90 Å². The van der Waals surface area contributed by atoms with E-state index in [-0.39, 0.29) is 17.9 Å². The van der Waals surface area contributed by atoms with Crippen molar-refractivity contribution >= 4 is 17.4 Å². The monoisotopic (exact) mass is 409 g/mol. The highest BCUT2D eigenvalue weighted by atomic mass is 16.5. The Labute approximate surface area is 176 Å². The fourth-order valence-corrected chi connectivity index (χ4v) is 3.61. The molecule has 0 radical (unpaired) electrons. The minimum atomic E-state index is -0.693. The fraction of sp³-hybridized carbons (Fsp3) is 0.333. The van der Waals surface area contributed by atoms with Crippen molar-refractivity contribution in [3.05, 3.63) is 70.8 Å². The van der Waals surface area contributed by atoms with E-state index in [1.807, 2.05) is 31.2 Å². The number of aliphatic hydroxyl groups excluding tert-OH is 1. The molecule has 0 spiro atoms. The van der Waals surface area contributed by atoms with Gasteiger partial charge in [-0.05, 0) is 48.7 Å². The molecule has 1 amide bonds. The van der Waals surface area contributed by atoms with Gasteiger partial charge >= 0.3 is 0 Å². The number of aryl methyl sites for hydroxylation is 1. The summed E-state index contributed by atoms with van der Waals surface area (Å²) in [6.45, 7) is 5.02. The molecule has 0 saturated carbocycles. The van der Waals surface area contributed by atoms with Gasteiger partial charge in [0.2, 0.25) is 0 Å². The lowest BCUT2D eigenvalue weighted by atomic mass is 9.94. The summed E-state index contributed by atoms with van der Waals surface area (Å²) >= 11 is 0. The number of amides is 1. The molecule has 1 aliphatic rings. The van der Waals surface area contributed by atoms with Crippen LogP contribution in [0, 0.1) is 0 Å². The molecule has 1 aliphatic heterocycles. The molecule has 0 bridgehead atoms. The molecule has 1 N–H and O–H groups in total. The molecule has 2 aromatic rings. The average molecular weight is 409 g/mol. The summed E-state index contributed by atoms with van der Waals surface area (Å²) in [7, 11) is 1.54. The number of Topliss-reactive ketones (excluding diaryl/α,β-unsaturated/α-hetero) is 1. The van der Waals surface area contributed by atoms with Crippen LogP contribution in [-0.2, 0) is 20.7 Å². The van der Waals surface area contributed by atoms with E-state index in [4.69, 9.17) is 9.47 Å². The lowest BCUT2D eigenvalue weighted by Gasteiger charge is -2.25. The summed E-state index contributed by atoms with van der Waals surface area (Å²) in [5.41, 5.74) is 2.47. The highest BCUT2D eigenvalue weighted by Gasteiger charge is 2.45. The molecule has 6 heteroatoms. The highest BCUT2D eigenvalue weighted by Crippen LogP contribution is 2.39. The number of nitrogens with zero attached hydrogens (tertiary/aromatic N) is 1. The van der Waals surface area contributed by atoms with Crippen LogP contribution in [0.5, 0.6) is 5.75 Å². The third-order valence-corrected chi connectivity index (χ3v) is 5.22. The zero-order valence-corrected chi connectivity index (χ0v) is 17.6. The van der Waals surface area contributed by atoms with Crippen LogP contribution in [0.1, 0.15) is 36.6 Å². The normalized spacial score (nSPS) is 18.1. The molecule has 30 heavy (non-hydrogen) atoms. The molecule has 1 unspecified atom stereocenters. The van der Waals surface area contributed by atoms with Crippen LogP contribution in [0.3, 0.4) is 0 Å². The van der Waals surface area contributed by atoms with E-state index >= 15 is 0 Å². The zero-order chi connectivity index (χ0) is 21.7.